The Kier molecular flexibility index (Phi) is 3.82. The maximum atomic E-state index is 6.41. The van der Waals surface area contributed by atoms with Crippen LogP contribution < -0.4 is 10.5 Å². The van der Waals surface area contributed by atoms with Crippen LogP contribution in [0.1, 0.15) is 5.69 Å². The standard InChI is InChI=1S/C14H12ClN5OS/c1-20-12-11(15)10(7-18-13(12)19-14(20)22)21-9(6-16)8-4-2-3-5-17-8/h2-7H,16H2,1H3,(H,18,19,22). The van der Waals surface area contributed by atoms with Crippen LogP contribution in [0.2, 0.25) is 5.02 Å². The van der Waals surface area contributed by atoms with Gasteiger partial charge in [-0.05, 0) is 24.4 Å². The summed E-state index contributed by atoms with van der Waals surface area (Å²) in [5, 5.41) is 0.398. The second kappa shape index (κ2) is 5.78. The highest BCUT2D eigenvalue weighted by Crippen LogP contribution is 2.33. The Bertz CT molecular complexity index is 916. The number of rotatable bonds is 3. The number of ether oxygens (including phenoxy) is 1. The smallest absolute Gasteiger partial charge is 0.179 e. The van der Waals surface area contributed by atoms with Gasteiger partial charge < -0.3 is 20.0 Å². The minimum atomic E-state index is 0.376. The van der Waals surface area contributed by atoms with E-state index in [1.807, 2.05) is 12.1 Å². The number of aromatic amines is 1. The van der Waals surface area contributed by atoms with E-state index in [1.54, 1.807) is 23.9 Å². The molecule has 3 aromatic heterocycles. The number of aryl methyl sites for hydroxylation is 1. The van der Waals surface area contributed by atoms with Crippen molar-refractivity contribution >= 4 is 40.7 Å². The molecule has 0 bridgehead atoms. The highest BCUT2D eigenvalue weighted by Gasteiger charge is 2.15. The normalized spacial score (nSPS) is 11.8. The molecule has 0 spiro atoms. The van der Waals surface area contributed by atoms with Gasteiger partial charge in [-0.15, -0.1) is 0 Å². The Balaban J connectivity index is 2.06. The van der Waals surface area contributed by atoms with Gasteiger partial charge in [-0.25, -0.2) is 4.98 Å². The molecule has 0 saturated carbocycles. The van der Waals surface area contributed by atoms with Crippen LogP contribution in [0.5, 0.6) is 5.75 Å². The molecule has 0 aliphatic rings. The van der Waals surface area contributed by atoms with Gasteiger partial charge in [0.25, 0.3) is 0 Å². The molecule has 3 rings (SSSR count). The third-order valence-corrected chi connectivity index (χ3v) is 3.85. The molecule has 0 atom stereocenters. The quantitative estimate of drug-likeness (QED) is 0.568. The van der Waals surface area contributed by atoms with Gasteiger partial charge in [0.05, 0.1) is 6.20 Å². The molecule has 3 heterocycles. The number of hydrogen-bond acceptors (Lipinski definition) is 5. The van der Waals surface area contributed by atoms with Crippen molar-refractivity contribution in [3.05, 3.63) is 52.3 Å². The van der Waals surface area contributed by atoms with E-state index in [1.165, 1.54) is 12.4 Å². The largest absolute Gasteiger partial charge is 0.450 e. The van der Waals surface area contributed by atoms with E-state index < -0.39 is 0 Å². The predicted molar refractivity (Wildman–Crippen MR) is 87.9 cm³/mol. The average Bonchev–Trinajstić information content (AvgIpc) is 2.83. The molecule has 6 nitrogen and oxygen atoms in total. The fraction of sp³-hybridized carbons (Fsp3) is 0.0714. The Morgan fingerprint density at radius 1 is 1.45 bits per heavy atom. The number of aromatic nitrogens is 4. The van der Waals surface area contributed by atoms with Crippen molar-refractivity contribution < 1.29 is 4.74 Å². The summed E-state index contributed by atoms with van der Waals surface area (Å²) in [6.45, 7) is 0. The highest BCUT2D eigenvalue weighted by molar-refractivity contribution is 7.71. The fourth-order valence-corrected chi connectivity index (χ4v) is 2.51. The maximum absolute atomic E-state index is 6.41. The zero-order chi connectivity index (χ0) is 15.7. The van der Waals surface area contributed by atoms with Crippen LogP contribution in [-0.4, -0.2) is 19.5 Å². The lowest BCUT2D eigenvalue weighted by molar-refractivity contribution is 0.509. The van der Waals surface area contributed by atoms with Crippen LogP contribution in [0.25, 0.3) is 16.9 Å². The zero-order valence-electron chi connectivity index (χ0n) is 11.6. The first-order valence-corrected chi connectivity index (χ1v) is 7.14. The van der Waals surface area contributed by atoms with Crippen molar-refractivity contribution in [2.24, 2.45) is 12.8 Å². The third-order valence-electron chi connectivity index (χ3n) is 3.11. The van der Waals surface area contributed by atoms with Gasteiger partial charge in [-0.1, -0.05) is 17.7 Å². The van der Waals surface area contributed by atoms with Crippen LogP contribution in [0.4, 0.5) is 0 Å². The predicted octanol–water partition coefficient (Wildman–Crippen LogP) is 3.02. The summed E-state index contributed by atoms with van der Waals surface area (Å²) >= 11 is 11.6. The van der Waals surface area contributed by atoms with Gasteiger partial charge in [0.15, 0.2) is 21.9 Å². The van der Waals surface area contributed by atoms with Gasteiger partial charge in [-0.2, -0.15) is 0 Å². The SMILES string of the molecule is Cn1c(=S)[nH]c2ncc(OC(=CN)c3ccccn3)c(Cl)c21. The first kappa shape index (κ1) is 14.6. The topological polar surface area (TPSA) is 81.8 Å². The minimum absolute atomic E-state index is 0.376. The molecule has 0 aliphatic carbocycles. The van der Waals surface area contributed by atoms with Crippen molar-refractivity contribution in [1.29, 1.82) is 0 Å². The lowest BCUT2D eigenvalue weighted by Crippen LogP contribution is -2.01. The van der Waals surface area contributed by atoms with E-state index >= 15 is 0 Å². The molecule has 0 fully saturated rings. The molecule has 8 heteroatoms. The number of hydrogen-bond donors (Lipinski definition) is 2. The second-order valence-corrected chi connectivity index (χ2v) is 5.24. The van der Waals surface area contributed by atoms with Crippen molar-refractivity contribution in [2.45, 2.75) is 0 Å². The third kappa shape index (κ3) is 2.44. The first-order chi connectivity index (χ1) is 10.6. The van der Waals surface area contributed by atoms with E-state index in [4.69, 9.17) is 34.3 Å². The summed E-state index contributed by atoms with van der Waals surface area (Å²) in [4.78, 5) is 11.4. The van der Waals surface area contributed by atoms with Crippen molar-refractivity contribution in [3.63, 3.8) is 0 Å². The minimum Gasteiger partial charge on any atom is -0.450 e. The molecule has 3 N–H and O–H groups in total. The van der Waals surface area contributed by atoms with E-state index in [0.29, 0.717) is 38.2 Å². The lowest BCUT2D eigenvalue weighted by atomic mass is 10.3. The molecule has 0 aromatic carbocycles. The summed E-state index contributed by atoms with van der Waals surface area (Å²) in [5.74, 6) is 0.765. The van der Waals surface area contributed by atoms with E-state index in [-0.39, 0.29) is 0 Å². The molecule has 0 saturated heterocycles. The Morgan fingerprint density at radius 3 is 2.95 bits per heavy atom. The van der Waals surface area contributed by atoms with Gasteiger partial charge in [0.1, 0.15) is 16.2 Å². The number of H-pyrrole nitrogens is 1. The molecule has 112 valence electrons. The molecule has 0 unspecified atom stereocenters. The van der Waals surface area contributed by atoms with Gasteiger partial charge in [-0.3, -0.25) is 4.98 Å². The van der Waals surface area contributed by atoms with Crippen LogP contribution in [-0.2, 0) is 7.05 Å². The van der Waals surface area contributed by atoms with E-state index in [0.717, 1.165) is 0 Å². The van der Waals surface area contributed by atoms with Gasteiger partial charge >= 0.3 is 0 Å². The summed E-state index contributed by atoms with van der Waals surface area (Å²) in [5.41, 5.74) is 7.50. The van der Waals surface area contributed by atoms with Gasteiger partial charge in [0.2, 0.25) is 0 Å². The Morgan fingerprint density at radius 2 is 2.27 bits per heavy atom. The van der Waals surface area contributed by atoms with Crippen molar-refractivity contribution in [2.75, 3.05) is 0 Å². The van der Waals surface area contributed by atoms with Crippen LogP contribution in [0.3, 0.4) is 0 Å². The summed E-state index contributed by atoms with van der Waals surface area (Å²) in [6.07, 6.45) is 4.50. The molecule has 3 aromatic rings. The van der Waals surface area contributed by atoms with Gasteiger partial charge in [0, 0.05) is 19.4 Å². The number of nitrogens with two attached hydrogens (primary N) is 1. The van der Waals surface area contributed by atoms with E-state index in [2.05, 4.69) is 15.0 Å². The summed E-state index contributed by atoms with van der Waals surface area (Å²) < 4.78 is 8.03. The van der Waals surface area contributed by atoms with Crippen LogP contribution in [0, 0.1) is 4.77 Å². The highest BCUT2D eigenvalue weighted by atomic mass is 35.5. The number of nitrogens with zero attached hydrogens (tertiary/aromatic N) is 3. The summed E-state index contributed by atoms with van der Waals surface area (Å²) in [6, 6.07) is 5.44. The Labute approximate surface area is 136 Å². The number of fused-ring (bicyclic) bond motifs is 1. The summed E-state index contributed by atoms with van der Waals surface area (Å²) in [7, 11) is 1.80. The molecule has 0 radical (unpaired) electrons. The van der Waals surface area contributed by atoms with Crippen LogP contribution in [0.15, 0.2) is 36.8 Å². The molecular formula is C14H12ClN5OS. The number of nitrogens with one attached hydrogen (secondary N) is 1. The zero-order valence-corrected chi connectivity index (χ0v) is 13.1. The maximum Gasteiger partial charge on any atom is 0.179 e. The van der Waals surface area contributed by atoms with Crippen molar-refractivity contribution in [3.8, 4) is 5.75 Å². The lowest BCUT2D eigenvalue weighted by Gasteiger charge is -2.10. The van der Waals surface area contributed by atoms with E-state index in [9.17, 15) is 0 Å². The monoisotopic (exact) mass is 333 g/mol. The average molecular weight is 334 g/mol. The number of halogens is 1. The Hall–Kier alpha value is -2.38. The molecule has 0 aliphatic heterocycles. The van der Waals surface area contributed by atoms with Crippen molar-refractivity contribution in [1.82, 2.24) is 19.5 Å². The molecule has 0 amide bonds. The van der Waals surface area contributed by atoms with Crippen LogP contribution >= 0.6 is 23.8 Å². The number of imidazole rings is 1. The fourth-order valence-electron chi connectivity index (χ4n) is 2.02. The second-order valence-electron chi connectivity index (χ2n) is 4.47. The molecule has 22 heavy (non-hydrogen) atoms. The molecular weight excluding hydrogens is 322 g/mol. The number of pyridine rings is 2. The first-order valence-electron chi connectivity index (χ1n) is 6.36.